The van der Waals surface area contributed by atoms with E-state index in [1.165, 1.54) is 11.3 Å². The van der Waals surface area contributed by atoms with E-state index in [1.807, 2.05) is 6.07 Å². The molecule has 0 saturated carbocycles. The van der Waals surface area contributed by atoms with Crippen LogP contribution in [0.1, 0.15) is 25.6 Å². The van der Waals surface area contributed by atoms with Crippen molar-refractivity contribution in [3.05, 3.63) is 81.1 Å². The molecule has 5 nitrogen and oxygen atoms in total. The van der Waals surface area contributed by atoms with Gasteiger partial charge in [0.25, 0.3) is 5.91 Å². The Morgan fingerprint density at radius 1 is 1.14 bits per heavy atom. The van der Waals surface area contributed by atoms with E-state index in [9.17, 15) is 14.7 Å². The number of aromatic hydroxyl groups is 1. The number of aromatic nitrogens is 1. The quantitative estimate of drug-likeness (QED) is 0.445. The molecule has 0 saturated heterocycles. The number of fused-ring (bicyclic) bond motifs is 1. The Kier molecular flexibility index (Phi) is 4.90. The van der Waals surface area contributed by atoms with E-state index in [0.29, 0.717) is 32.4 Å². The van der Waals surface area contributed by atoms with Crippen molar-refractivity contribution >= 4 is 51.6 Å². The summed E-state index contributed by atoms with van der Waals surface area (Å²) in [5, 5.41) is 14.9. The summed E-state index contributed by atoms with van der Waals surface area (Å²) < 4.78 is 2.23. The zero-order chi connectivity index (χ0) is 19.7. The number of carbonyl (C=O) groups excluding carboxylic acids is 2. The highest BCUT2D eigenvalue weighted by atomic mass is 35.5. The molecule has 2 aromatic carbocycles. The molecule has 140 valence electrons. The lowest BCUT2D eigenvalue weighted by atomic mass is 10.1. The van der Waals surface area contributed by atoms with E-state index < -0.39 is 0 Å². The minimum Gasteiger partial charge on any atom is -0.494 e. The first-order valence-electron chi connectivity index (χ1n) is 8.47. The average Bonchev–Trinajstić information content (AvgIpc) is 3.27. The number of halogens is 1. The highest BCUT2D eigenvalue weighted by molar-refractivity contribution is 7.18. The molecule has 0 atom stereocenters. The maximum Gasteiger partial charge on any atom is 0.265 e. The van der Waals surface area contributed by atoms with Crippen molar-refractivity contribution in [2.45, 2.75) is 6.54 Å². The first kappa shape index (κ1) is 18.3. The van der Waals surface area contributed by atoms with Gasteiger partial charge in [0.2, 0.25) is 0 Å². The van der Waals surface area contributed by atoms with E-state index in [4.69, 9.17) is 11.6 Å². The number of hydrogen-bond donors (Lipinski definition) is 2. The van der Waals surface area contributed by atoms with Crippen LogP contribution in [-0.4, -0.2) is 21.9 Å². The first-order chi connectivity index (χ1) is 13.5. The molecule has 0 bridgehead atoms. The minimum absolute atomic E-state index is 0.0989. The summed E-state index contributed by atoms with van der Waals surface area (Å²) in [6, 6.07) is 15.9. The standard InChI is InChI=1S/C21H15ClN2O3S/c22-19-8-7-18(28-19)20(26)23-17-6-2-5-15-16(17)11-24(21(15)27)10-13-3-1-4-14(9-13)12-25/h1-9,11-12,27H,10H2,(H,23,26). The smallest absolute Gasteiger partial charge is 0.265 e. The molecule has 28 heavy (non-hydrogen) atoms. The predicted octanol–water partition coefficient (Wildman–Crippen LogP) is 5.17. The van der Waals surface area contributed by atoms with Gasteiger partial charge in [0.05, 0.1) is 21.4 Å². The van der Waals surface area contributed by atoms with Crippen LogP contribution in [0.25, 0.3) is 10.8 Å². The van der Waals surface area contributed by atoms with Crippen molar-refractivity contribution in [1.82, 2.24) is 4.57 Å². The lowest BCUT2D eigenvalue weighted by Crippen LogP contribution is -2.10. The minimum atomic E-state index is -0.254. The molecule has 2 heterocycles. The predicted molar refractivity (Wildman–Crippen MR) is 112 cm³/mol. The van der Waals surface area contributed by atoms with Crippen molar-refractivity contribution in [3.63, 3.8) is 0 Å². The van der Waals surface area contributed by atoms with E-state index in [1.54, 1.807) is 59.3 Å². The van der Waals surface area contributed by atoms with Crippen molar-refractivity contribution in [2.75, 3.05) is 5.32 Å². The molecule has 2 N–H and O–H groups in total. The van der Waals surface area contributed by atoms with Gasteiger partial charge in [-0.15, -0.1) is 11.3 Å². The molecule has 4 aromatic rings. The number of aldehydes is 1. The van der Waals surface area contributed by atoms with Gasteiger partial charge in [-0.25, -0.2) is 0 Å². The fourth-order valence-corrected chi connectivity index (χ4v) is 4.02. The van der Waals surface area contributed by atoms with Crippen LogP contribution in [0.15, 0.2) is 60.8 Å². The van der Waals surface area contributed by atoms with Crippen LogP contribution in [0, 0.1) is 0 Å². The molecule has 2 aromatic heterocycles. The van der Waals surface area contributed by atoms with Crippen LogP contribution < -0.4 is 5.32 Å². The lowest BCUT2D eigenvalue weighted by molar-refractivity contribution is 0.103. The van der Waals surface area contributed by atoms with Crippen LogP contribution in [0.5, 0.6) is 5.88 Å². The highest BCUT2D eigenvalue weighted by Crippen LogP contribution is 2.33. The van der Waals surface area contributed by atoms with Gasteiger partial charge >= 0.3 is 0 Å². The largest absolute Gasteiger partial charge is 0.494 e. The summed E-state index contributed by atoms with van der Waals surface area (Å²) >= 11 is 7.11. The number of anilines is 1. The fraction of sp³-hybridized carbons (Fsp3) is 0.0476. The van der Waals surface area contributed by atoms with Crippen molar-refractivity contribution in [3.8, 4) is 5.88 Å². The molecule has 7 heteroatoms. The number of benzene rings is 2. The molecule has 0 aliphatic rings. The first-order valence-corrected chi connectivity index (χ1v) is 9.66. The number of nitrogens with one attached hydrogen (secondary N) is 1. The van der Waals surface area contributed by atoms with Crippen LogP contribution in [0.3, 0.4) is 0 Å². The Hall–Kier alpha value is -3.09. The van der Waals surface area contributed by atoms with Gasteiger partial charge in [-0.3, -0.25) is 9.59 Å². The number of hydrogen-bond acceptors (Lipinski definition) is 4. The summed E-state index contributed by atoms with van der Waals surface area (Å²) in [7, 11) is 0. The average molecular weight is 411 g/mol. The summed E-state index contributed by atoms with van der Waals surface area (Å²) in [6.45, 7) is 0.399. The Balaban J connectivity index is 1.67. The van der Waals surface area contributed by atoms with Gasteiger partial charge in [-0.2, -0.15) is 0 Å². The highest BCUT2D eigenvalue weighted by Gasteiger charge is 2.15. The van der Waals surface area contributed by atoms with E-state index >= 15 is 0 Å². The monoisotopic (exact) mass is 410 g/mol. The van der Waals surface area contributed by atoms with Gasteiger partial charge in [0.1, 0.15) is 6.29 Å². The van der Waals surface area contributed by atoms with Crippen LogP contribution >= 0.6 is 22.9 Å². The molecule has 0 radical (unpaired) electrons. The Labute approximate surface area is 169 Å². The molecule has 0 aliphatic heterocycles. The van der Waals surface area contributed by atoms with Gasteiger partial charge in [-0.05, 0) is 35.9 Å². The van der Waals surface area contributed by atoms with Crippen molar-refractivity contribution < 1.29 is 14.7 Å². The molecular weight excluding hydrogens is 396 g/mol. The number of carbonyl (C=O) groups is 2. The summed E-state index contributed by atoms with van der Waals surface area (Å²) in [5.41, 5.74) is 2.07. The van der Waals surface area contributed by atoms with Gasteiger partial charge in [-0.1, -0.05) is 35.9 Å². The molecule has 0 unspecified atom stereocenters. The second-order valence-corrected chi connectivity index (χ2v) is 7.98. The summed E-state index contributed by atoms with van der Waals surface area (Å²) in [6.07, 6.45) is 2.58. The number of rotatable bonds is 5. The Morgan fingerprint density at radius 3 is 2.71 bits per heavy atom. The van der Waals surface area contributed by atoms with Crippen LogP contribution in [0.4, 0.5) is 5.69 Å². The van der Waals surface area contributed by atoms with Gasteiger partial charge in [0.15, 0.2) is 5.88 Å². The second kappa shape index (κ2) is 7.50. The Bertz CT molecular complexity index is 1200. The van der Waals surface area contributed by atoms with Gasteiger partial charge in [0, 0.05) is 22.5 Å². The topological polar surface area (TPSA) is 71.3 Å². The molecule has 0 aliphatic carbocycles. The number of thiophene rings is 1. The van der Waals surface area contributed by atoms with Gasteiger partial charge < -0.3 is 15.0 Å². The molecule has 0 fully saturated rings. The zero-order valence-electron chi connectivity index (χ0n) is 14.6. The summed E-state index contributed by atoms with van der Waals surface area (Å²) in [5.74, 6) is -0.155. The fourth-order valence-electron chi connectivity index (χ4n) is 3.08. The van der Waals surface area contributed by atoms with E-state index in [2.05, 4.69) is 5.32 Å². The number of amides is 1. The maximum atomic E-state index is 12.5. The number of nitrogens with zero attached hydrogens (tertiary/aromatic N) is 1. The third-order valence-corrected chi connectivity index (χ3v) is 5.62. The van der Waals surface area contributed by atoms with Crippen molar-refractivity contribution in [1.29, 1.82) is 0 Å². The molecular formula is C21H15ClN2O3S. The lowest BCUT2D eigenvalue weighted by Gasteiger charge is -2.05. The summed E-state index contributed by atoms with van der Waals surface area (Å²) in [4.78, 5) is 24.0. The zero-order valence-corrected chi connectivity index (χ0v) is 16.1. The van der Waals surface area contributed by atoms with E-state index in [0.717, 1.165) is 17.2 Å². The van der Waals surface area contributed by atoms with Crippen LogP contribution in [-0.2, 0) is 6.54 Å². The third kappa shape index (κ3) is 3.52. The maximum absolute atomic E-state index is 12.5. The van der Waals surface area contributed by atoms with Crippen molar-refractivity contribution in [2.24, 2.45) is 0 Å². The molecule has 0 spiro atoms. The molecule has 4 rings (SSSR count). The Morgan fingerprint density at radius 2 is 1.96 bits per heavy atom. The van der Waals surface area contributed by atoms with Crippen LogP contribution in [0.2, 0.25) is 4.34 Å². The van der Waals surface area contributed by atoms with E-state index in [-0.39, 0.29) is 11.8 Å². The normalized spacial score (nSPS) is 10.9. The molecule has 1 amide bonds. The second-order valence-electron chi connectivity index (χ2n) is 6.27. The SMILES string of the molecule is O=Cc1cccc(Cn2cc3c(NC(=O)c4ccc(Cl)s4)cccc3c2O)c1. The third-order valence-electron chi connectivity index (χ3n) is 4.39.